The third kappa shape index (κ3) is 4.81. The van der Waals surface area contributed by atoms with E-state index in [9.17, 15) is 9.90 Å². The van der Waals surface area contributed by atoms with Crippen molar-refractivity contribution < 1.29 is 24.1 Å². The van der Waals surface area contributed by atoms with Crippen LogP contribution in [0.25, 0.3) is 11.1 Å². The van der Waals surface area contributed by atoms with Crippen LogP contribution in [0.5, 0.6) is 11.5 Å². The molecule has 1 heterocycles. The Bertz CT molecular complexity index is 993. The van der Waals surface area contributed by atoms with E-state index in [1.165, 1.54) is 0 Å². The van der Waals surface area contributed by atoms with Crippen molar-refractivity contribution in [3.8, 4) is 22.6 Å². The fraction of sp³-hybridized carbons (Fsp3) is 0.240. The van der Waals surface area contributed by atoms with Crippen LogP contribution in [-0.4, -0.2) is 24.0 Å². The van der Waals surface area contributed by atoms with Crippen molar-refractivity contribution in [3.05, 3.63) is 83.9 Å². The highest BCUT2D eigenvalue weighted by molar-refractivity contribution is 5.97. The standard InChI is InChI=1S/C25H24O5/c26-25(27)22-11-5-4-10-20(22)21-14-13-19(29-17-18-8-2-1-3-9-18)16-23(21)30-24-12-6-7-15-28-24/h1-5,8-11,13-14,16,24H,6-7,12,15,17H2,(H,26,27). The fourth-order valence-corrected chi connectivity index (χ4v) is 3.50. The normalized spacial score (nSPS) is 16.1. The summed E-state index contributed by atoms with van der Waals surface area (Å²) in [5, 5.41) is 9.61. The monoisotopic (exact) mass is 404 g/mol. The van der Waals surface area contributed by atoms with Crippen LogP contribution in [-0.2, 0) is 11.3 Å². The van der Waals surface area contributed by atoms with Gasteiger partial charge in [0, 0.05) is 18.1 Å². The van der Waals surface area contributed by atoms with Crippen LogP contribution in [0.4, 0.5) is 0 Å². The predicted molar refractivity (Wildman–Crippen MR) is 114 cm³/mol. The first kappa shape index (κ1) is 20.0. The lowest BCUT2D eigenvalue weighted by molar-refractivity contribution is -0.105. The smallest absolute Gasteiger partial charge is 0.336 e. The number of hydrogen-bond acceptors (Lipinski definition) is 4. The number of ether oxygens (including phenoxy) is 3. The maximum absolute atomic E-state index is 11.7. The van der Waals surface area contributed by atoms with Crippen molar-refractivity contribution in [2.45, 2.75) is 32.2 Å². The SMILES string of the molecule is O=C(O)c1ccccc1-c1ccc(OCc2ccccc2)cc1OC1CCCCO1. The average Bonchev–Trinajstić information content (AvgIpc) is 2.79. The molecule has 1 N–H and O–H groups in total. The van der Waals surface area contributed by atoms with Crippen molar-refractivity contribution in [2.24, 2.45) is 0 Å². The van der Waals surface area contributed by atoms with Gasteiger partial charge in [-0.15, -0.1) is 0 Å². The number of carboxylic acid groups (broad SMARTS) is 1. The molecule has 1 unspecified atom stereocenters. The molecule has 1 fully saturated rings. The molecule has 0 aromatic heterocycles. The molecule has 0 amide bonds. The maximum atomic E-state index is 11.7. The molecule has 0 aliphatic carbocycles. The molecule has 0 radical (unpaired) electrons. The van der Waals surface area contributed by atoms with Gasteiger partial charge in [0.2, 0.25) is 0 Å². The second-order valence-electron chi connectivity index (χ2n) is 7.20. The molecule has 1 aliphatic heterocycles. The lowest BCUT2D eigenvalue weighted by atomic mass is 9.98. The van der Waals surface area contributed by atoms with E-state index in [4.69, 9.17) is 14.2 Å². The Morgan fingerprint density at radius 2 is 1.77 bits per heavy atom. The van der Waals surface area contributed by atoms with Gasteiger partial charge in [-0.1, -0.05) is 48.5 Å². The average molecular weight is 404 g/mol. The van der Waals surface area contributed by atoms with Gasteiger partial charge in [-0.05, 0) is 42.2 Å². The highest BCUT2D eigenvalue weighted by Crippen LogP contribution is 2.37. The third-order valence-corrected chi connectivity index (χ3v) is 5.05. The molecule has 0 spiro atoms. The molecule has 5 nitrogen and oxygen atoms in total. The third-order valence-electron chi connectivity index (χ3n) is 5.05. The van der Waals surface area contributed by atoms with Gasteiger partial charge in [-0.3, -0.25) is 0 Å². The minimum absolute atomic E-state index is 0.227. The highest BCUT2D eigenvalue weighted by Gasteiger charge is 2.20. The summed E-state index contributed by atoms with van der Waals surface area (Å²) in [6.45, 7) is 1.10. The largest absolute Gasteiger partial charge is 0.489 e. The Morgan fingerprint density at radius 1 is 0.967 bits per heavy atom. The van der Waals surface area contributed by atoms with Crippen LogP contribution in [0, 0.1) is 0 Å². The number of carbonyl (C=O) groups is 1. The second kappa shape index (κ2) is 9.46. The lowest BCUT2D eigenvalue weighted by Crippen LogP contribution is -2.25. The van der Waals surface area contributed by atoms with Crippen LogP contribution in [0.1, 0.15) is 35.2 Å². The Morgan fingerprint density at radius 3 is 2.53 bits per heavy atom. The molecule has 1 aliphatic rings. The number of carboxylic acids is 1. The van der Waals surface area contributed by atoms with Crippen LogP contribution in [0.2, 0.25) is 0 Å². The Labute approximate surface area is 175 Å². The summed E-state index contributed by atoms with van der Waals surface area (Å²) in [4.78, 5) is 11.7. The van der Waals surface area contributed by atoms with Crippen LogP contribution < -0.4 is 9.47 Å². The van der Waals surface area contributed by atoms with E-state index >= 15 is 0 Å². The number of benzene rings is 3. The van der Waals surface area contributed by atoms with Gasteiger partial charge in [-0.2, -0.15) is 0 Å². The number of aromatic carboxylic acids is 1. The van der Waals surface area contributed by atoms with Gasteiger partial charge in [0.15, 0.2) is 6.29 Å². The van der Waals surface area contributed by atoms with E-state index < -0.39 is 5.97 Å². The molecule has 0 bridgehead atoms. The van der Waals surface area contributed by atoms with Gasteiger partial charge in [0.1, 0.15) is 18.1 Å². The number of rotatable bonds is 7. The fourth-order valence-electron chi connectivity index (χ4n) is 3.50. The molecule has 154 valence electrons. The molecular weight excluding hydrogens is 380 g/mol. The summed E-state index contributed by atoms with van der Waals surface area (Å²) in [7, 11) is 0. The van der Waals surface area contributed by atoms with Gasteiger partial charge >= 0.3 is 5.97 Å². The molecule has 3 aromatic carbocycles. The van der Waals surface area contributed by atoms with Gasteiger partial charge in [0.05, 0.1) is 12.2 Å². The molecular formula is C25H24O5. The summed E-state index contributed by atoms with van der Waals surface area (Å²) < 4.78 is 17.9. The molecule has 1 atom stereocenters. The Balaban J connectivity index is 1.65. The zero-order valence-corrected chi connectivity index (χ0v) is 16.6. The van der Waals surface area contributed by atoms with Crippen molar-refractivity contribution >= 4 is 5.97 Å². The van der Waals surface area contributed by atoms with Gasteiger partial charge in [0.25, 0.3) is 0 Å². The molecule has 4 rings (SSSR count). The van der Waals surface area contributed by atoms with E-state index in [-0.39, 0.29) is 11.9 Å². The predicted octanol–water partition coefficient (Wildman–Crippen LogP) is 5.54. The second-order valence-corrected chi connectivity index (χ2v) is 7.20. The zero-order valence-electron chi connectivity index (χ0n) is 16.6. The summed E-state index contributed by atoms with van der Waals surface area (Å²) in [5.41, 5.74) is 2.60. The van der Waals surface area contributed by atoms with Crippen LogP contribution in [0.15, 0.2) is 72.8 Å². The van der Waals surface area contributed by atoms with Crippen molar-refractivity contribution in [3.63, 3.8) is 0 Å². The van der Waals surface area contributed by atoms with E-state index in [1.54, 1.807) is 18.2 Å². The van der Waals surface area contributed by atoms with E-state index in [0.717, 1.165) is 24.8 Å². The Kier molecular flexibility index (Phi) is 6.30. The van der Waals surface area contributed by atoms with Gasteiger partial charge in [-0.25, -0.2) is 4.79 Å². The van der Waals surface area contributed by atoms with Crippen molar-refractivity contribution in [1.29, 1.82) is 0 Å². The van der Waals surface area contributed by atoms with Crippen LogP contribution in [0.3, 0.4) is 0 Å². The zero-order chi connectivity index (χ0) is 20.8. The van der Waals surface area contributed by atoms with Crippen LogP contribution >= 0.6 is 0 Å². The summed E-state index contributed by atoms with van der Waals surface area (Å²) in [5.74, 6) is 0.234. The van der Waals surface area contributed by atoms with E-state index in [2.05, 4.69) is 0 Å². The minimum Gasteiger partial charge on any atom is -0.489 e. The first-order chi connectivity index (χ1) is 14.7. The summed E-state index contributed by atoms with van der Waals surface area (Å²) >= 11 is 0. The summed E-state index contributed by atoms with van der Waals surface area (Å²) in [6.07, 6.45) is 2.51. The molecule has 0 saturated carbocycles. The molecule has 1 saturated heterocycles. The Hall–Kier alpha value is -3.31. The molecule has 3 aromatic rings. The molecule has 5 heteroatoms. The maximum Gasteiger partial charge on any atom is 0.336 e. The van der Waals surface area contributed by atoms with E-state index in [0.29, 0.717) is 35.8 Å². The quantitative estimate of drug-likeness (QED) is 0.560. The summed E-state index contributed by atoms with van der Waals surface area (Å²) in [6, 6.07) is 22.3. The topological polar surface area (TPSA) is 65.0 Å². The minimum atomic E-state index is -0.977. The lowest BCUT2D eigenvalue weighted by Gasteiger charge is -2.25. The van der Waals surface area contributed by atoms with E-state index in [1.807, 2.05) is 54.6 Å². The van der Waals surface area contributed by atoms with Crippen molar-refractivity contribution in [2.75, 3.05) is 6.61 Å². The number of hydrogen-bond donors (Lipinski definition) is 1. The van der Waals surface area contributed by atoms with Gasteiger partial charge < -0.3 is 19.3 Å². The first-order valence-electron chi connectivity index (χ1n) is 10.1. The highest BCUT2D eigenvalue weighted by atomic mass is 16.7. The van der Waals surface area contributed by atoms with Crippen molar-refractivity contribution in [1.82, 2.24) is 0 Å². The molecule has 30 heavy (non-hydrogen) atoms. The first-order valence-corrected chi connectivity index (χ1v) is 10.1.